The highest BCUT2D eigenvalue weighted by molar-refractivity contribution is 5.75. The number of hydrogen-bond acceptors (Lipinski definition) is 9. The number of aromatic nitrogens is 6. The number of nitrogen functional groups attached to an aromatic ring is 1. The summed E-state index contributed by atoms with van der Waals surface area (Å²) >= 11 is 0. The van der Waals surface area contributed by atoms with Crippen LogP contribution in [0, 0.1) is 0 Å². The molecule has 36 heavy (non-hydrogen) atoms. The molecule has 186 valence electrons. The molecule has 11 heteroatoms. The predicted octanol–water partition coefficient (Wildman–Crippen LogP) is 4.21. The summed E-state index contributed by atoms with van der Waals surface area (Å²) in [4.78, 5) is 22.5. The molecule has 5 rings (SSSR count). The van der Waals surface area contributed by atoms with Crippen LogP contribution in [0.5, 0.6) is 0 Å². The molecule has 0 radical (unpaired) electrons. The van der Waals surface area contributed by atoms with E-state index in [4.69, 9.17) is 14.9 Å². The van der Waals surface area contributed by atoms with Crippen molar-refractivity contribution in [2.24, 2.45) is 0 Å². The molecule has 1 amide bonds. The molecule has 1 aliphatic rings. The van der Waals surface area contributed by atoms with Crippen molar-refractivity contribution in [2.75, 3.05) is 18.8 Å². The minimum atomic E-state index is -0.502. The van der Waals surface area contributed by atoms with Crippen LogP contribution < -0.4 is 5.73 Å². The molecule has 1 aliphatic heterocycles. The Morgan fingerprint density at radius 3 is 2.58 bits per heavy atom. The summed E-state index contributed by atoms with van der Waals surface area (Å²) in [5, 5.41) is 12.8. The summed E-state index contributed by atoms with van der Waals surface area (Å²) in [6, 6.07) is 5.70. The fourth-order valence-electron chi connectivity index (χ4n) is 4.07. The molecular weight excluding hydrogens is 460 g/mol. The first-order valence-electron chi connectivity index (χ1n) is 11.8. The van der Waals surface area contributed by atoms with Crippen molar-refractivity contribution in [2.45, 2.75) is 45.3 Å². The molecule has 11 nitrogen and oxygen atoms in total. The van der Waals surface area contributed by atoms with Crippen molar-refractivity contribution in [1.82, 2.24) is 34.8 Å². The highest BCUT2D eigenvalue weighted by Gasteiger charge is 2.28. The number of nitrogens with two attached hydrogens (primary N) is 1. The second kappa shape index (κ2) is 9.40. The van der Waals surface area contributed by atoms with Crippen LogP contribution in [-0.2, 0) is 4.74 Å². The Morgan fingerprint density at radius 2 is 1.86 bits per heavy atom. The lowest BCUT2D eigenvalue weighted by atomic mass is 10.1. The Hall–Kier alpha value is -4.28. The zero-order chi connectivity index (χ0) is 25.3. The number of ether oxygens (including phenoxy) is 1. The number of pyridine rings is 2. The number of nitrogens with zero attached hydrogens (tertiary/aromatic N) is 7. The normalized spacial score (nSPS) is 14.7. The minimum Gasteiger partial charge on any atom is -0.444 e. The molecule has 1 saturated heterocycles. The number of carbonyl (C=O) groups excluding carboxylic acids is 1. The van der Waals surface area contributed by atoms with Gasteiger partial charge in [0.1, 0.15) is 11.4 Å². The third-order valence-corrected chi connectivity index (χ3v) is 5.91. The van der Waals surface area contributed by atoms with Gasteiger partial charge in [0.15, 0.2) is 0 Å². The van der Waals surface area contributed by atoms with Gasteiger partial charge in [-0.3, -0.25) is 9.67 Å². The quantitative estimate of drug-likeness (QED) is 0.447. The molecule has 0 unspecified atom stereocenters. The van der Waals surface area contributed by atoms with Crippen molar-refractivity contribution < 1.29 is 13.9 Å². The van der Waals surface area contributed by atoms with Crippen LogP contribution in [0.1, 0.15) is 39.7 Å². The summed E-state index contributed by atoms with van der Waals surface area (Å²) < 4.78 is 13.3. The number of anilines is 1. The average molecular weight is 489 g/mol. The van der Waals surface area contributed by atoms with Gasteiger partial charge < -0.3 is 19.8 Å². The van der Waals surface area contributed by atoms with Gasteiger partial charge in [-0.25, -0.2) is 9.78 Å². The van der Waals surface area contributed by atoms with Crippen molar-refractivity contribution in [1.29, 1.82) is 0 Å². The Labute approximate surface area is 208 Å². The molecule has 0 saturated carbocycles. The monoisotopic (exact) mass is 488 g/mol. The molecule has 2 N–H and O–H groups in total. The number of amides is 1. The number of hydrogen-bond donors (Lipinski definition) is 1. The third-order valence-electron chi connectivity index (χ3n) is 5.91. The fraction of sp³-hybridized carbons (Fsp3) is 0.360. The van der Waals surface area contributed by atoms with Crippen molar-refractivity contribution in [3.05, 3.63) is 49.2 Å². The standard InChI is InChI=1S/C25H28N8O3/c1-25(2,3)36-24(34)32-9-6-19(7-10-32)33-15-18(14-29-33)17-11-20(21(26)28-13-17)23-31-30-22(35-23)16-5-4-8-27-12-16/h4-5,8,11-15,19H,6-7,9-10H2,1-3H3,(H2,26,28). The lowest BCUT2D eigenvalue weighted by Gasteiger charge is -2.33. The van der Waals surface area contributed by atoms with Crippen LogP contribution in [0.2, 0.25) is 0 Å². The van der Waals surface area contributed by atoms with E-state index in [2.05, 4.69) is 25.3 Å². The molecule has 0 spiro atoms. The summed E-state index contributed by atoms with van der Waals surface area (Å²) in [6.45, 7) is 6.87. The Morgan fingerprint density at radius 1 is 1.08 bits per heavy atom. The minimum absolute atomic E-state index is 0.191. The van der Waals surface area contributed by atoms with Crippen molar-refractivity contribution >= 4 is 11.9 Å². The molecule has 0 bridgehead atoms. The second-order valence-corrected chi connectivity index (χ2v) is 9.72. The highest BCUT2D eigenvalue weighted by Crippen LogP contribution is 2.31. The second-order valence-electron chi connectivity index (χ2n) is 9.72. The van der Waals surface area contributed by atoms with Crippen LogP contribution in [-0.4, -0.2) is 59.6 Å². The van der Waals surface area contributed by atoms with Gasteiger partial charge in [-0.2, -0.15) is 5.10 Å². The van der Waals surface area contributed by atoms with E-state index < -0.39 is 5.60 Å². The largest absolute Gasteiger partial charge is 0.444 e. The molecule has 4 aromatic rings. The van der Waals surface area contributed by atoms with E-state index >= 15 is 0 Å². The third kappa shape index (κ3) is 5.04. The lowest BCUT2D eigenvalue weighted by Crippen LogP contribution is -2.42. The topological polar surface area (TPSA) is 138 Å². The van der Waals surface area contributed by atoms with E-state index in [0.29, 0.717) is 30.4 Å². The van der Waals surface area contributed by atoms with E-state index in [0.717, 1.165) is 29.5 Å². The van der Waals surface area contributed by atoms with Gasteiger partial charge >= 0.3 is 6.09 Å². The van der Waals surface area contributed by atoms with Crippen LogP contribution in [0.25, 0.3) is 34.0 Å². The number of rotatable bonds is 4. The fourth-order valence-corrected chi connectivity index (χ4v) is 4.07. The summed E-state index contributed by atoms with van der Waals surface area (Å²) in [5.74, 6) is 0.929. The maximum atomic E-state index is 12.3. The van der Waals surface area contributed by atoms with E-state index in [1.807, 2.05) is 43.8 Å². The van der Waals surface area contributed by atoms with Gasteiger partial charge in [-0.1, -0.05) is 0 Å². The smallest absolute Gasteiger partial charge is 0.410 e. The zero-order valence-corrected chi connectivity index (χ0v) is 20.5. The van der Waals surface area contributed by atoms with Gasteiger partial charge in [0.25, 0.3) is 5.89 Å². The van der Waals surface area contributed by atoms with E-state index in [9.17, 15) is 4.79 Å². The van der Waals surface area contributed by atoms with Gasteiger partial charge in [0.2, 0.25) is 5.89 Å². The summed E-state index contributed by atoms with van der Waals surface area (Å²) in [5.41, 5.74) is 8.62. The van der Waals surface area contributed by atoms with Gasteiger partial charge in [0.05, 0.1) is 23.4 Å². The Bertz CT molecular complexity index is 1350. The maximum absolute atomic E-state index is 12.3. The summed E-state index contributed by atoms with van der Waals surface area (Å²) in [6.07, 6.45) is 10.1. The molecule has 0 aromatic carbocycles. The molecular formula is C25H28N8O3. The summed E-state index contributed by atoms with van der Waals surface area (Å²) in [7, 11) is 0. The number of likely N-dealkylation sites (tertiary alicyclic amines) is 1. The number of piperidine rings is 1. The first-order valence-corrected chi connectivity index (χ1v) is 11.8. The highest BCUT2D eigenvalue weighted by atomic mass is 16.6. The van der Waals surface area contributed by atoms with Gasteiger partial charge in [-0.05, 0) is 51.8 Å². The molecule has 0 atom stereocenters. The first-order chi connectivity index (χ1) is 17.3. The van der Waals surface area contributed by atoms with Crippen LogP contribution in [0.15, 0.2) is 53.6 Å². The predicted molar refractivity (Wildman–Crippen MR) is 132 cm³/mol. The van der Waals surface area contributed by atoms with Crippen LogP contribution in [0.4, 0.5) is 10.6 Å². The van der Waals surface area contributed by atoms with Gasteiger partial charge in [-0.15, -0.1) is 10.2 Å². The van der Waals surface area contributed by atoms with E-state index in [1.165, 1.54) is 0 Å². The van der Waals surface area contributed by atoms with Gasteiger partial charge in [0, 0.05) is 49.0 Å². The van der Waals surface area contributed by atoms with Crippen molar-refractivity contribution in [3.63, 3.8) is 0 Å². The SMILES string of the molecule is CC(C)(C)OC(=O)N1CCC(n2cc(-c3cnc(N)c(-c4nnc(-c5cccnc5)o4)c3)cn2)CC1. The Kier molecular flexibility index (Phi) is 6.13. The maximum Gasteiger partial charge on any atom is 0.410 e. The molecule has 4 aromatic heterocycles. The Balaban J connectivity index is 1.30. The average Bonchev–Trinajstić information content (AvgIpc) is 3.55. The molecule has 0 aliphatic carbocycles. The van der Waals surface area contributed by atoms with E-state index in [-0.39, 0.29) is 18.0 Å². The van der Waals surface area contributed by atoms with E-state index in [1.54, 1.807) is 35.8 Å². The first kappa shape index (κ1) is 23.5. The van der Waals surface area contributed by atoms with Crippen molar-refractivity contribution in [3.8, 4) is 34.0 Å². The lowest BCUT2D eigenvalue weighted by molar-refractivity contribution is 0.0185. The zero-order valence-electron chi connectivity index (χ0n) is 20.5. The van der Waals surface area contributed by atoms with Crippen LogP contribution in [0.3, 0.4) is 0 Å². The van der Waals surface area contributed by atoms with Crippen LogP contribution >= 0.6 is 0 Å². The molecule has 5 heterocycles. The number of carbonyl (C=O) groups is 1. The molecule has 1 fully saturated rings.